The summed E-state index contributed by atoms with van der Waals surface area (Å²) in [7, 11) is 0. The van der Waals surface area contributed by atoms with Crippen molar-refractivity contribution >= 4 is 28.9 Å². The molecule has 0 aliphatic rings. The topological polar surface area (TPSA) is 24.1 Å². The second-order valence-electron chi connectivity index (χ2n) is 3.93. The fourth-order valence-corrected chi connectivity index (χ4v) is 1.88. The van der Waals surface area contributed by atoms with Gasteiger partial charge >= 0.3 is 0 Å². The lowest BCUT2D eigenvalue weighted by Crippen LogP contribution is -2.40. The van der Waals surface area contributed by atoms with Crippen molar-refractivity contribution in [2.45, 2.75) is 26.3 Å². The maximum absolute atomic E-state index is 5.90. The van der Waals surface area contributed by atoms with Crippen LogP contribution < -0.4 is 10.6 Å². The Bertz CT molecular complexity index is 353. The second-order valence-corrected chi connectivity index (χ2v) is 4.78. The molecule has 4 heteroatoms. The maximum Gasteiger partial charge on any atom is 0.166 e. The van der Waals surface area contributed by atoms with Crippen molar-refractivity contribution in [2.75, 3.05) is 6.54 Å². The van der Waals surface area contributed by atoms with Gasteiger partial charge in [0.2, 0.25) is 0 Å². The maximum atomic E-state index is 5.90. The van der Waals surface area contributed by atoms with E-state index in [2.05, 4.69) is 30.5 Å². The molecule has 0 heterocycles. The average Bonchev–Trinajstić information content (AvgIpc) is 2.16. The number of hydrogen-bond acceptors (Lipinski definition) is 1. The summed E-state index contributed by atoms with van der Waals surface area (Å²) >= 11 is 11.0. The molecule has 0 bridgehead atoms. The van der Waals surface area contributed by atoms with Gasteiger partial charge in [-0.25, -0.2) is 0 Å². The highest BCUT2D eigenvalue weighted by Gasteiger charge is 1.98. The fraction of sp³-hybridized carbons (Fsp3) is 0.417. The van der Waals surface area contributed by atoms with Crippen LogP contribution in [0.3, 0.4) is 0 Å². The molecule has 16 heavy (non-hydrogen) atoms. The van der Waals surface area contributed by atoms with Gasteiger partial charge in [0.05, 0.1) is 0 Å². The van der Waals surface area contributed by atoms with Crippen molar-refractivity contribution < 1.29 is 0 Å². The highest BCUT2D eigenvalue weighted by Crippen LogP contribution is 2.10. The molecule has 0 aliphatic carbocycles. The molecule has 0 unspecified atom stereocenters. The summed E-state index contributed by atoms with van der Waals surface area (Å²) < 4.78 is 0. The number of rotatable bonds is 4. The predicted molar refractivity (Wildman–Crippen MR) is 74.0 cm³/mol. The summed E-state index contributed by atoms with van der Waals surface area (Å²) in [5.74, 6) is 0. The average molecular weight is 257 g/mol. The van der Waals surface area contributed by atoms with Gasteiger partial charge in [-0.2, -0.15) is 0 Å². The molecule has 0 aliphatic heterocycles. The van der Waals surface area contributed by atoms with Gasteiger partial charge in [0.15, 0.2) is 5.11 Å². The summed E-state index contributed by atoms with van der Waals surface area (Å²) in [5.41, 5.74) is 1.22. The van der Waals surface area contributed by atoms with Gasteiger partial charge in [-0.05, 0) is 50.2 Å². The minimum atomic E-state index is 0.367. The zero-order valence-electron chi connectivity index (χ0n) is 9.59. The third-order valence-electron chi connectivity index (χ3n) is 2.01. The molecule has 0 atom stereocenters. The molecule has 0 radical (unpaired) electrons. The minimum Gasteiger partial charge on any atom is -0.362 e. The Morgan fingerprint density at radius 3 is 2.81 bits per heavy atom. The Balaban J connectivity index is 2.28. The van der Waals surface area contributed by atoms with Crippen LogP contribution in [0.15, 0.2) is 24.3 Å². The van der Waals surface area contributed by atoms with E-state index >= 15 is 0 Å². The van der Waals surface area contributed by atoms with Crippen molar-refractivity contribution in [3.8, 4) is 0 Å². The normalized spacial score (nSPS) is 10.2. The monoisotopic (exact) mass is 256 g/mol. The second kappa shape index (κ2) is 6.71. The van der Waals surface area contributed by atoms with E-state index in [1.807, 2.05) is 18.2 Å². The van der Waals surface area contributed by atoms with Crippen LogP contribution in [0.4, 0.5) is 0 Å². The number of halogens is 1. The number of thiocarbonyl (C=S) groups is 1. The smallest absolute Gasteiger partial charge is 0.166 e. The van der Waals surface area contributed by atoms with Gasteiger partial charge in [-0.1, -0.05) is 23.7 Å². The molecule has 2 N–H and O–H groups in total. The Kier molecular flexibility index (Phi) is 5.56. The van der Waals surface area contributed by atoms with Crippen LogP contribution in [-0.4, -0.2) is 17.7 Å². The molecular weight excluding hydrogens is 240 g/mol. The van der Waals surface area contributed by atoms with Crippen LogP contribution in [-0.2, 0) is 6.42 Å². The van der Waals surface area contributed by atoms with Crippen LogP contribution >= 0.6 is 23.8 Å². The van der Waals surface area contributed by atoms with Gasteiger partial charge in [0.25, 0.3) is 0 Å². The number of nitrogens with one attached hydrogen (secondary N) is 2. The molecular formula is C12H17ClN2S. The van der Waals surface area contributed by atoms with E-state index in [9.17, 15) is 0 Å². The van der Waals surface area contributed by atoms with Crippen molar-refractivity contribution in [3.05, 3.63) is 34.9 Å². The molecule has 88 valence electrons. The first-order valence-corrected chi connectivity index (χ1v) is 6.15. The van der Waals surface area contributed by atoms with Crippen LogP contribution in [0, 0.1) is 0 Å². The van der Waals surface area contributed by atoms with Crippen LogP contribution in [0.2, 0.25) is 5.02 Å². The molecule has 0 aromatic heterocycles. The first-order valence-electron chi connectivity index (χ1n) is 5.36. The standard InChI is InChI=1S/C12H17ClN2S/c1-9(2)15-12(16)14-7-6-10-4-3-5-11(13)8-10/h3-5,8-9H,6-7H2,1-2H3,(H2,14,15,16). The largest absolute Gasteiger partial charge is 0.362 e. The van der Waals surface area contributed by atoms with Gasteiger partial charge < -0.3 is 10.6 Å². The zero-order chi connectivity index (χ0) is 12.0. The lowest BCUT2D eigenvalue weighted by atomic mass is 10.1. The molecule has 0 saturated carbocycles. The number of benzene rings is 1. The Morgan fingerprint density at radius 2 is 2.19 bits per heavy atom. The summed E-state index contributed by atoms with van der Waals surface area (Å²) in [4.78, 5) is 0. The highest BCUT2D eigenvalue weighted by molar-refractivity contribution is 7.80. The van der Waals surface area contributed by atoms with Crippen LogP contribution in [0.5, 0.6) is 0 Å². The fourth-order valence-electron chi connectivity index (χ4n) is 1.33. The van der Waals surface area contributed by atoms with Gasteiger partial charge in [0.1, 0.15) is 0 Å². The molecule has 1 aromatic rings. The first kappa shape index (κ1) is 13.3. The van der Waals surface area contributed by atoms with E-state index in [0.29, 0.717) is 11.2 Å². The zero-order valence-corrected chi connectivity index (χ0v) is 11.2. The first-order chi connectivity index (χ1) is 7.58. The Morgan fingerprint density at radius 1 is 1.44 bits per heavy atom. The lowest BCUT2D eigenvalue weighted by molar-refractivity contribution is 0.711. The van der Waals surface area contributed by atoms with Crippen LogP contribution in [0.25, 0.3) is 0 Å². The molecule has 0 amide bonds. The highest BCUT2D eigenvalue weighted by atomic mass is 35.5. The van der Waals surface area contributed by atoms with E-state index in [4.69, 9.17) is 23.8 Å². The molecule has 0 saturated heterocycles. The summed E-state index contributed by atoms with van der Waals surface area (Å²) in [6.45, 7) is 4.94. The van der Waals surface area contributed by atoms with Crippen molar-refractivity contribution in [3.63, 3.8) is 0 Å². The van der Waals surface area contributed by atoms with Crippen molar-refractivity contribution in [2.24, 2.45) is 0 Å². The van der Waals surface area contributed by atoms with Crippen LogP contribution in [0.1, 0.15) is 19.4 Å². The van der Waals surface area contributed by atoms with E-state index < -0.39 is 0 Å². The van der Waals surface area contributed by atoms with Crippen molar-refractivity contribution in [1.29, 1.82) is 0 Å². The quantitative estimate of drug-likeness (QED) is 0.811. The molecule has 0 spiro atoms. The third kappa shape index (κ3) is 5.33. The van der Waals surface area contributed by atoms with Gasteiger partial charge in [-0.3, -0.25) is 0 Å². The molecule has 0 fully saturated rings. The molecule has 1 aromatic carbocycles. The Hall–Kier alpha value is -0.800. The van der Waals surface area contributed by atoms with Gasteiger partial charge in [-0.15, -0.1) is 0 Å². The van der Waals surface area contributed by atoms with E-state index in [0.717, 1.165) is 18.0 Å². The summed E-state index contributed by atoms with van der Waals surface area (Å²) in [5, 5.41) is 7.78. The van der Waals surface area contributed by atoms with Crippen molar-refractivity contribution in [1.82, 2.24) is 10.6 Å². The van der Waals surface area contributed by atoms with E-state index in [1.165, 1.54) is 5.56 Å². The predicted octanol–water partition coefficient (Wildman–Crippen LogP) is 2.76. The lowest BCUT2D eigenvalue weighted by Gasteiger charge is -2.12. The number of hydrogen-bond donors (Lipinski definition) is 2. The third-order valence-corrected chi connectivity index (χ3v) is 2.51. The van der Waals surface area contributed by atoms with E-state index in [1.54, 1.807) is 0 Å². The Labute approximate surface area is 107 Å². The summed E-state index contributed by atoms with van der Waals surface area (Å²) in [6, 6.07) is 8.24. The van der Waals surface area contributed by atoms with E-state index in [-0.39, 0.29) is 0 Å². The summed E-state index contributed by atoms with van der Waals surface area (Å²) in [6.07, 6.45) is 0.917. The SMILES string of the molecule is CC(C)NC(=S)NCCc1cccc(Cl)c1. The van der Waals surface area contributed by atoms with Gasteiger partial charge in [0, 0.05) is 17.6 Å². The molecule has 2 nitrogen and oxygen atoms in total. The minimum absolute atomic E-state index is 0.367. The molecule has 1 rings (SSSR count).